The summed E-state index contributed by atoms with van der Waals surface area (Å²) in [6.45, 7) is 8.72. The largest absolute Gasteiger partial charge is 0.480 e. The van der Waals surface area contributed by atoms with E-state index >= 15 is 0 Å². The number of hydrogen-bond acceptors (Lipinski definition) is 3. The molecule has 0 aromatic carbocycles. The Hall–Kier alpha value is -1.30. The molecule has 2 amide bonds. The highest BCUT2D eigenvalue weighted by atomic mass is 16.4. The van der Waals surface area contributed by atoms with Crippen LogP contribution in [0.4, 0.5) is 4.79 Å². The average molecular weight is 273 g/mol. The SMILES string of the molecule is CC(C)N(C)CCCCNC(=O)NC(C)(C)C(=O)O. The minimum Gasteiger partial charge on any atom is -0.480 e. The third-order valence-corrected chi connectivity index (χ3v) is 3.07. The molecule has 0 heterocycles. The van der Waals surface area contributed by atoms with Crippen molar-refractivity contribution in [1.82, 2.24) is 15.5 Å². The zero-order valence-electron chi connectivity index (χ0n) is 12.6. The van der Waals surface area contributed by atoms with Crippen molar-refractivity contribution < 1.29 is 14.7 Å². The van der Waals surface area contributed by atoms with E-state index < -0.39 is 17.5 Å². The maximum Gasteiger partial charge on any atom is 0.328 e. The molecule has 0 fully saturated rings. The zero-order chi connectivity index (χ0) is 15.1. The first kappa shape index (κ1) is 17.7. The molecule has 6 heteroatoms. The standard InChI is InChI=1S/C13H27N3O3/c1-10(2)16(5)9-7-6-8-14-12(19)15-13(3,4)11(17)18/h10H,6-9H2,1-5H3,(H,17,18)(H2,14,15,19). The second-order valence-corrected chi connectivity index (χ2v) is 5.59. The molecule has 0 spiro atoms. The average Bonchev–Trinajstić information content (AvgIpc) is 2.27. The number of unbranched alkanes of at least 4 members (excludes halogenated alkanes) is 1. The van der Waals surface area contributed by atoms with Gasteiger partial charge in [0.25, 0.3) is 0 Å². The van der Waals surface area contributed by atoms with Crippen LogP contribution in [0.15, 0.2) is 0 Å². The Bertz CT molecular complexity index is 304. The summed E-state index contributed by atoms with van der Waals surface area (Å²) in [5.74, 6) is -1.05. The number of nitrogens with zero attached hydrogens (tertiary/aromatic N) is 1. The van der Waals surface area contributed by atoms with Gasteiger partial charge in [-0.15, -0.1) is 0 Å². The molecule has 3 N–H and O–H groups in total. The molecular formula is C13H27N3O3. The number of urea groups is 1. The Morgan fingerprint density at radius 3 is 2.32 bits per heavy atom. The van der Waals surface area contributed by atoms with E-state index in [9.17, 15) is 9.59 Å². The summed E-state index contributed by atoms with van der Waals surface area (Å²) >= 11 is 0. The highest BCUT2D eigenvalue weighted by molar-refractivity contribution is 5.85. The third kappa shape index (κ3) is 7.66. The number of nitrogens with one attached hydrogen (secondary N) is 2. The highest BCUT2D eigenvalue weighted by Crippen LogP contribution is 2.01. The smallest absolute Gasteiger partial charge is 0.328 e. The van der Waals surface area contributed by atoms with Gasteiger partial charge in [-0.2, -0.15) is 0 Å². The number of hydrogen-bond donors (Lipinski definition) is 3. The molecule has 0 rings (SSSR count). The molecule has 0 aliphatic rings. The van der Waals surface area contributed by atoms with Gasteiger partial charge in [0.2, 0.25) is 0 Å². The Balaban J connectivity index is 3.73. The van der Waals surface area contributed by atoms with Gasteiger partial charge in [-0.05, 0) is 54.1 Å². The summed E-state index contributed by atoms with van der Waals surface area (Å²) in [5.41, 5.74) is -1.25. The summed E-state index contributed by atoms with van der Waals surface area (Å²) in [6.07, 6.45) is 1.87. The molecule has 0 radical (unpaired) electrons. The number of carboxylic acids is 1. The van der Waals surface area contributed by atoms with Crippen molar-refractivity contribution in [2.75, 3.05) is 20.1 Å². The van der Waals surface area contributed by atoms with Crippen LogP contribution in [0.5, 0.6) is 0 Å². The van der Waals surface area contributed by atoms with E-state index in [4.69, 9.17) is 5.11 Å². The molecule has 19 heavy (non-hydrogen) atoms. The van der Waals surface area contributed by atoms with Gasteiger partial charge >= 0.3 is 12.0 Å². The van der Waals surface area contributed by atoms with E-state index in [0.717, 1.165) is 19.4 Å². The van der Waals surface area contributed by atoms with Crippen LogP contribution in [0.3, 0.4) is 0 Å². The Kier molecular flexibility index (Phi) is 7.44. The maximum absolute atomic E-state index is 11.5. The first-order chi connectivity index (χ1) is 8.66. The summed E-state index contributed by atoms with van der Waals surface area (Å²) in [5, 5.41) is 13.9. The minimum absolute atomic E-state index is 0.440. The van der Waals surface area contributed by atoms with Gasteiger partial charge < -0.3 is 20.6 Å². The second kappa shape index (κ2) is 7.99. The van der Waals surface area contributed by atoms with E-state index in [1.807, 2.05) is 0 Å². The van der Waals surface area contributed by atoms with Crippen molar-refractivity contribution >= 4 is 12.0 Å². The van der Waals surface area contributed by atoms with Crippen molar-refractivity contribution in [2.45, 2.75) is 52.1 Å². The molecule has 0 aromatic heterocycles. The normalized spacial score (nSPS) is 11.7. The van der Waals surface area contributed by atoms with Gasteiger partial charge in [-0.3, -0.25) is 0 Å². The van der Waals surface area contributed by atoms with E-state index in [0.29, 0.717) is 12.6 Å². The second-order valence-electron chi connectivity index (χ2n) is 5.59. The third-order valence-electron chi connectivity index (χ3n) is 3.07. The molecule has 6 nitrogen and oxygen atoms in total. The van der Waals surface area contributed by atoms with Crippen molar-refractivity contribution in [2.24, 2.45) is 0 Å². The van der Waals surface area contributed by atoms with Crippen LogP contribution in [0.2, 0.25) is 0 Å². The predicted molar refractivity (Wildman–Crippen MR) is 75.2 cm³/mol. The van der Waals surface area contributed by atoms with Gasteiger partial charge in [0.05, 0.1) is 0 Å². The molecule has 112 valence electrons. The molecular weight excluding hydrogens is 246 g/mol. The highest BCUT2D eigenvalue weighted by Gasteiger charge is 2.28. The lowest BCUT2D eigenvalue weighted by Gasteiger charge is -2.22. The maximum atomic E-state index is 11.5. The first-order valence-electron chi connectivity index (χ1n) is 6.66. The monoisotopic (exact) mass is 273 g/mol. The van der Waals surface area contributed by atoms with Crippen LogP contribution < -0.4 is 10.6 Å². The van der Waals surface area contributed by atoms with E-state index in [-0.39, 0.29) is 0 Å². The Morgan fingerprint density at radius 2 is 1.84 bits per heavy atom. The molecule has 0 atom stereocenters. The molecule has 0 aliphatic carbocycles. The summed E-state index contributed by atoms with van der Waals surface area (Å²) < 4.78 is 0. The lowest BCUT2D eigenvalue weighted by atomic mass is 10.1. The van der Waals surface area contributed by atoms with Crippen LogP contribution in [-0.2, 0) is 4.79 Å². The van der Waals surface area contributed by atoms with Crippen molar-refractivity contribution in [1.29, 1.82) is 0 Å². The molecule has 0 aromatic rings. The number of carbonyl (C=O) groups is 2. The van der Waals surface area contributed by atoms with Crippen LogP contribution >= 0.6 is 0 Å². The van der Waals surface area contributed by atoms with Gasteiger partial charge in [0, 0.05) is 12.6 Å². The van der Waals surface area contributed by atoms with Gasteiger partial charge in [0.1, 0.15) is 5.54 Å². The molecule has 0 bridgehead atoms. The number of amides is 2. The van der Waals surface area contributed by atoms with Gasteiger partial charge in [-0.1, -0.05) is 0 Å². The zero-order valence-corrected chi connectivity index (χ0v) is 12.6. The van der Waals surface area contributed by atoms with Crippen molar-refractivity contribution in [3.05, 3.63) is 0 Å². The molecule has 0 aliphatic heterocycles. The lowest BCUT2D eigenvalue weighted by molar-refractivity contribution is -0.142. The summed E-state index contributed by atoms with van der Waals surface area (Å²) in [6, 6.07) is 0.0808. The van der Waals surface area contributed by atoms with Gasteiger partial charge in [-0.25, -0.2) is 9.59 Å². The minimum atomic E-state index is -1.25. The van der Waals surface area contributed by atoms with E-state index in [2.05, 4.69) is 36.4 Å². The first-order valence-corrected chi connectivity index (χ1v) is 6.66. The number of rotatable bonds is 8. The number of carbonyl (C=O) groups excluding carboxylic acids is 1. The fraction of sp³-hybridized carbons (Fsp3) is 0.846. The Morgan fingerprint density at radius 1 is 1.26 bits per heavy atom. The van der Waals surface area contributed by atoms with Crippen LogP contribution in [0, 0.1) is 0 Å². The van der Waals surface area contributed by atoms with Crippen LogP contribution in [0.1, 0.15) is 40.5 Å². The topological polar surface area (TPSA) is 81.7 Å². The summed E-state index contributed by atoms with van der Waals surface area (Å²) in [7, 11) is 2.07. The predicted octanol–water partition coefficient (Wildman–Crippen LogP) is 1.27. The fourth-order valence-electron chi connectivity index (χ4n) is 1.33. The quantitative estimate of drug-likeness (QED) is 0.582. The van der Waals surface area contributed by atoms with Crippen LogP contribution in [-0.4, -0.2) is 53.7 Å². The van der Waals surface area contributed by atoms with Gasteiger partial charge in [0.15, 0.2) is 0 Å². The number of carboxylic acid groups (broad SMARTS) is 1. The number of aliphatic carboxylic acids is 1. The summed E-state index contributed by atoms with van der Waals surface area (Å²) in [4.78, 5) is 24.5. The van der Waals surface area contributed by atoms with Crippen molar-refractivity contribution in [3.63, 3.8) is 0 Å². The van der Waals surface area contributed by atoms with E-state index in [1.54, 1.807) is 0 Å². The fourth-order valence-corrected chi connectivity index (χ4v) is 1.33. The lowest BCUT2D eigenvalue weighted by Crippen LogP contribution is -2.53. The molecule has 0 saturated heterocycles. The Labute approximate surface area is 115 Å². The van der Waals surface area contributed by atoms with E-state index in [1.165, 1.54) is 13.8 Å². The van der Waals surface area contributed by atoms with Crippen molar-refractivity contribution in [3.8, 4) is 0 Å². The van der Waals surface area contributed by atoms with Crippen LogP contribution in [0.25, 0.3) is 0 Å². The molecule has 0 unspecified atom stereocenters. The molecule has 0 saturated carbocycles.